The second kappa shape index (κ2) is 9.94. The number of anilines is 3. The highest BCUT2D eigenvalue weighted by atomic mass is 35.5. The summed E-state index contributed by atoms with van der Waals surface area (Å²) in [6.45, 7) is 3.10. The monoisotopic (exact) mass is 501 g/mol. The molecule has 0 unspecified atom stereocenters. The first kappa shape index (κ1) is 23.7. The topological polar surface area (TPSA) is 120 Å². The van der Waals surface area contributed by atoms with Gasteiger partial charge in [0.15, 0.2) is 5.65 Å². The zero-order chi connectivity index (χ0) is 24.5. The van der Waals surface area contributed by atoms with Gasteiger partial charge in [-0.2, -0.15) is 4.98 Å². The third-order valence-corrected chi connectivity index (χ3v) is 7.33. The molecule has 2 aliphatic rings. The van der Waals surface area contributed by atoms with Gasteiger partial charge in [-0.15, -0.1) is 0 Å². The Balaban J connectivity index is 1.51. The highest BCUT2D eigenvalue weighted by Gasteiger charge is 2.29. The van der Waals surface area contributed by atoms with E-state index in [0.717, 1.165) is 25.7 Å². The predicted octanol–water partition coefficient (Wildman–Crippen LogP) is 4.48. The Morgan fingerprint density at radius 3 is 2.63 bits per heavy atom. The average molecular weight is 502 g/mol. The molecular weight excluding hydrogens is 473 g/mol. The number of carbonyl (C=O) groups is 1. The molecule has 1 amide bonds. The molecule has 2 fully saturated rings. The molecule has 186 valence electrons. The maximum Gasteiger partial charge on any atom is 0.224 e. The van der Waals surface area contributed by atoms with E-state index < -0.39 is 5.82 Å². The van der Waals surface area contributed by atoms with Crippen LogP contribution in [0.1, 0.15) is 50.1 Å². The van der Waals surface area contributed by atoms with Crippen molar-refractivity contribution in [2.24, 2.45) is 11.7 Å². The molecule has 3 heterocycles. The molecule has 1 saturated heterocycles. The number of aromatic nitrogens is 4. The number of benzene rings is 1. The zero-order valence-corrected chi connectivity index (χ0v) is 20.3. The van der Waals surface area contributed by atoms with Crippen LogP contribution in [0.5, 0.6) is 0 Å². The lowest BCUT2D eigenvalue weighted by Crippen LogP contribution is -2.29. The summed E-state index contributed by atoms with van der Waals surface area (Å²) in [5.74, 6) is 0.241. The number of nitrogens with two attached hydrogens (primary N) is 1. The highest BCUT2D eigenvalue weighted by molar-refractivity contribution is 6.30. The normalized spacial score (nSPS) is 21.2. The fraction of sp³-hybridized carbons (Fsp3) is 0.500. The Morgan fingerprint density at radius 2 is 1.91 bits per heavy atom. The second-order valence-corrected chi connectivity index (χ2v) is 9.71. The minimum atomic E-state index is -0.468. The molecule has 4 N–H and O–H groups in total. The van der Waals surface area contributed by atoms with Gasteiger partial charge >= 0.3 is 0 Å². The molecular formula is C24H29ClFN7O2. The number of imidazole rings is 1. The van der Waals surface area contributed by atoms with Crippen LogP contribution in [0.25, 0.3) is 11.2 Å². The molecule has 0 spiro atoms. The van der Waals surface area contributed by atoms with Gasteiger partial charge < -0.3 is 21.1 Å². The van der Waals surface area contributed by atoms with Gasteiger partial charge in [0.1, 0.15) is 11.3 Å². The van der Waals surface area contributed by atoms with Crippen LogP contribution in [0.15, 0.2) is 18.3 Å². The molecule has 9 nitrogen and oxygen atoms in total. The van der Waals surface area contributed by atoms with Crippen molar-refractivity contribution >= 4 is 46.3 Å². The van der Waals surface area contributed by atoms with Crippen LogP contribution < -0.4 is 16.4 Å². The second-order valence-electron chi connectivity index (χ2n) is 9.31. The highest BCUT2D eigenvalue weighted by Crippen LogP contribution is 2.37. The van der Waals surface area contributed by atoms with Crippen molar-refractivity contribution < 1.29 is 13.9 Å². The van der Waals surface area contributed by atoms with E-state index in [1.165, 1.54) is 6.07 Å². The van der Waals surface area contributed by atoms with Crippen LogP contribution >= 0.6 is 11.6 Å². The van der Waals surface area contributed by atoms with Crippen molar-refractivity contribution in [2.75, 3.05) is 23.8 Å². The van der Waals surface area contributed by atoms with Gasteiger partial charge in [-0.05, 0) is 57.6 Å². The van der Waals surface area contributed by atoms with Gasteiger partial charge in [0, 0.05) is 42.5 Å². The standard InChI is InChI=1S/C24H29ClFN7O2/c1-13-18(7-6-17(25)20(13)26)30-24-31-19-12-28-23(29-15-8-10-35-11-9-15)32-22(19)33(24)16-4-2-14(3-5-16)21(27)34/h6-7,12,14-16H,2-5,8-11H2,1H3,(H2,27,34)(H,30,31)(H,28,29,32)/t14-,16+. The summed E-state index contributed by atoms with van der Waals surface area (Å²) in [4.78, 5) is 25.8. The summed E-state index contributed by atoms with van der Waals surface area (Å²) < 4.78 is 22.0. The summed E-state index contributed by atoms with van der Waals surface area (Å²) in [6, 6.07) is 3.56. The SMILES string of the molecule is Cc1c(Nc2nc3cnc(NC4CCOCC4)nc3n2[C@H]2CC[C@@H](C(N)=O)CC2)ccc(Cl)c1F. The van der Waals surface area contributed by atoms with E-state index in [-0.39, 0.29) is 28.9 Å². The Labute approximate surface area is 207 Å². The van der Waals surface area contributed by atoms with E-state index >= 15 is 0 Å². The lowest BCUT2D eigenvalue weighted by Gasteiger charge is -2.29. The van der Waals surface area contributed by atoms with Gasteiger partial charge in [0.05, 0.1) is 11.2 Å². The van der Waals surface area contributed by atoms with Crippen LogP contribution in [0.2, 0.25) is 5.02 Å². The number of fused-ring (bicyclic) bond motifs is 1. The van der Waals surface area contributed by atoms with E-state index in [4.69, 9.17) is 32.0 Å². The van der Waals surface area contributed by atoms with Gasteiger partial charge in [-0.1, -0.05) is 11.6 Å². The lowest BCUT2D eigenvalue weighted by atomic mass is 9.85. The Kier molecular flexibility index (Phi) is 6.75. The molecule has 5 rings (SSSR count). The Morgan fingerprint density at radius 1 is 1.17 bits per heavy atom. The number of nitrogens with zero attached hydrogens (tertiary/aromatic N) is 4. The summed E-state index contributed by atoms with van der Waals surface area (Å²) in [5, 5.41) is 6.78. The van der Waals surface area contributed by atoms with Crippen LogP contribution in [-0.4, -0.2) is 44.7 Å². The van der Waals surface area contributed by atoms with Gasteiger partial charge in [-0.25, -0.2) is 14.4 Å². The van der Waals surface area contributed by atoms with E-state index in [2.05, 4.69) is 20.2 Å². The number of nitrogens with one attached hydrogen (secondary N) is 2. The van der Waals surface area contributed by atoms with Gasteiger partial charge in [0.2, 0.25) is 17.8 Å². The first-order valence-electron chi connectivity index (χ1n) is 12.0. The first-order valence-corrected chi connectivity index (χ1v) is 12.4. The van der Waals surface area contributed by atoms with Crippen molar-refractivity contribution in [3.05, 3.63) is 34.7 Å². The number of ether oxygens (including phenoxy) is 1. The van der Waals surface area contributed by atoms with Gasteiger partial charge in [0.25, 0.3) is 0 Å². The van der Waals surface area contributed by atoms with Crippen LogP contribution in [-0.2, 0) is 9.53 Å². The number of halogens is 2. The molecule has 1 aromatic carbocycles. The van der Waals surface area contributed by atoms with E-state index in [9.17, 15) is 9.18 Å². The number of carbonyl (C=O) groups excluding carboxylic acids is 1. The van der Waals surface area contributed by atoms with E-state index in [1.54, 1.807) is 19.2 Å². The number of hydrogen-bond acceptors (Lipinski definition) is 7. The molecule has 35 heavy (non-hydrogen) atoms. The number of rotatable bonds is 6. The summed E-state index contributed by atoms with van der Waals surface area (Å²) >= 11 is 5.95. The molecule has 11 heteroatoms. The predicted molar refractivity (Wildman–Crippen MR) is 132 cm³/mol. The van der Waals surface area contributed by atoms with E-state index in [0.29, 0.717) is 60.4 Å². The third-order valence-electron chi connectivity index (χ3n) is 7.04. The quantitative estimate of drug-likeness (QED) is 0.455. The summed E-state index contributed by atoms with van der Waals surface area (Å²) in [7, 11) is 0. The smallest absolute Gasteiger partial charge is 0.224 e. The van der Waals surface area contributed by atoms with Crippen LogP contribution in [0.3, 0.4) is 0 Å². The minimum Gasteiger partial charge on any atom is -0.381 e. The van der Waals surface area contributed by atoms with E-state index in [1.807, 2.05) is 0 Å². The van der Waals surface area contributed by atoms with Crippen LogP contribution in [0, 0.1) is 18.7 Å². The Hall–Kier alpha value is -2.98. The number of primary amides is 1. The zero-order valence-electron chi connectivity index (χ0n) is 19.6. The molecule has 0 atom stereocenters. The van der Waals surface area contributed by atoms with Crippen molar-refractivity contribution in [2.45, 2.75) is 57.5 Å². The number of amides is 1. The molecule has 2 aromatic heterocycles. The lowest BCUT2D eigenvalue weighted by molar-refractivity contribution is -0.122. The first-order chi connectivity index (χ1) is 16.9. The third kappa shape index (κ3) is 4.90. The van der Waals surface area contributed by atoms with Crippen molar-refractivity contribution in [3.63, 3.8) is 0 Å². The molecule has 3 aromatic rings. The minimum absolute atomic E-state index is 0.0568. The Bertz CT molecular complexity index is 1240. The summed E-state index contributed by atoms with van der Waals surface area (Å²) in [6.07, 6.45) is 6.41. The molecule has 1 saturated carbocycles. The average Bonchev–Trinajstić information content (AvgIpc) is 3.22. The largest absolute Gasteiger partial charge is 0.381 e. The van der Waals surface area contributed by atoms with Crippen molar-refractivity contribution in [1.82, 2.24) is 19.5 Å². The molecule has 0 bridgehead atoms. The fourth-order valence-electron chi connectivity index (χ4n) is 4.95. The van der Waals surface area contributed by atoms with Crippen molar-refractivity contribution in [1.29, 1.82) is 0 Å². The summed E-state index contributed by atoms with van der Waals surface area (Å²) in [5.41, 5.74) is 7.85. The molecule has 1 aliphatic carbocycles. The number of hydrogen-bond donors (Lipinski definition) is 3. The van der Waals surface area contributed by atoms with Crippen LogP contribution in [0.4, 0.5) is 22.0 Å². The molecule has 0 radical (unpaired) electrons. The fourth-order valence-corrected chi connectivity index (χ4v) is 5.15. The van der Waals surface area contributed by atoms with Gasteiger partial charge in [-0.3, -0.25) is 9.36 Å². The maximum atomic E-state index is 14.5. The molecule has 1 aliphatic heterocycles. The van der Waals surface area contributed by atoms with Crippen molar-refractivity contribution in [3.8, 4) is 0 Å². The maximum absolute atomic E-state index is 14.5.